The Kier molecular flexibility index (Phi) is 6.10. The Labute approximate surface area is 225 Å². The molecule has 1 aromatic heterocycles. The lowest BCUT2D eigenvalue weighted by Gasteiger charge is -2.57. The summed E-state index contributed by atoms with van der Waals surface area (Å²) in [5.74, 6) is -10.8. The molecule has 0 radical (unpaired) electrons. The van der Waals surface area contributed by atoms with Gasteiger partial charge in [0, 0.05) is 23.7 Å². The molecular weight excluding hydrogens is 510 g/mol. The molecule has 3 unspecified atom stereocenters. The second kappa shape index (κ2) is 8.95. The Hall–Kier alpha value is -2.61. The van der Waals surface area contributed by atoms with E-state index in [-0.39, 0.29) is 17.3 Å². The predicted octanol–water partition coefficient (Wildman–Crippen LogP) is 7.23. The summed E-state index contributed by atoms with van der Waals surface area (Å²) in [6.07, 6.45) is 11.2. The zero-order valence-electron chi connectivity index (χ0n) is 22.3. The first kappa shape index (κ1) is 26.6. The average Bonchev–Trinajstić information content (AvgIpc) is 3.49. The summed E-state index contributed by atoms with van der Waals surface area (Å²) >= 11 is 0. The van der Waals surface area contributed by atoms with E-state index >= 15 is 0 Å². The Morgan fingerprint density at radius 3 is 2.54 bits per heavy atom. The second-order valence-electron chi connectivity index (χ2n) is 12.5. The van der Waals surface area contributed by atoms with E-state index in [1.54, 1.807) is 0 Å². The first-order valence-corrected chi connectivity index (χ1v) is 14.0. The number of aromatic nitrogens is 1. The van der Waals surface area contributed by atoms with Crippen LogP contribution in [0.1, 0.15) is 58.8 Å². The zero-order valence-corrected chi connectivity index (χ0v) is 22.3. The van der Waals surface area contributed by atoms with E-state index in [0.717, 1.165) is 31.3 Å². The molecule has 0 amide bonds. The zero-order chi connectivity index (χ0) is 27.8. The van der Waals surface area contributed by atoms with E-state index in [9.17, 15) is 22.4 Å². The van der Waals surface area contributed by atoms with Crippen molar-refractivity contribution in [2.45, 2.75) is 76.7 Å². The van der Waals surface area contributed by atoms with Gasteiger partial charge in [0.15, 0.2) is 0 Å². The number of para-hydroxylation sites is 1. The van der Waals surface area contributed by atoms with Crippen LogP contribution >= 0.6 is 0 Å². The monoisotopic (exact) mass is 545 g/mol. The van der Waals surface area contributed by atoms with Gasteiger partial charge in [-0.1, -0.05) is 49.8 Å². The number of ether oxygens (including phenoxy) is 1. The molecule has 6 rings (SSSR count). The molecule has 2 fully saturated rings. The number of carbonyl (C=O) groups is 1. The van der Waals surface area contributed by atoms with Gasteiger partial charge in [-0.05, 0) is 79.2 Å². The van der Waals surface area contributed by atoms with Crippen molar-refractivity contribution in [2.75, 3.05) is 6.61 Å². The fourth-order valence-electron chi connectivity index (χ4n) is 8.41. The van der Waals surface area contributed by atoms with Gasteiger partial charge in [0.2, 0.25) is 0 Å². The smallest absolute Gasteiger partial charge is 0.406 e. The molecule has 8 heteroatoms. The number of allylic oxidation sites excluding steroid dienone is 3. The van der Waals surface area contributed by atoms with Gasteiger partial charge >= 0.3 is 17.8 Å². The lowest BCUT2D eigenvalue weighted by Crippen LogP contribution is -2.52. The molecule has 4 aliphatic rings. The quantitative estimate of drug-likeness (QED) is 0.245. The fraction of sp³-hybridized carbons (Fsp3) is 0.581. The van der Waals surface area contributed by atoms with Crippen LogP contribution in [0.5, 0.6) is 0 Å². The van der Waals surface area contributed by atoms with E-state index < -0.39 is 30.5 Å². The largest absolute Gasteiger partial charge is 0.457 e. The van der Waals surface area contributed by atoms with E-state index in [1.807, 2.05) is 0 Å². The van der Waals surface area contributed by atoms with Gasteiger partial charge < -0.3 is 14.4 Å². The number of carbonyl (C=O) groups excluding carboxylic acids is 1. The fourth-order valence-corrected chi connectivity index (χ4v) is 8.41. The minimum Gasteiger partial charge on any atom is -0.457 e. The van der Waals surface area contributed by atoms with Crippen molar-refractivity contribution in [3.05, 3.63) is 54.3 Å². The summed E-state index contributed by atoms with van der Waals surface area (Å²) in [6.45, 7) is 2.53. The average molecular weight is 546 g/mol. The van der Waals surface area contributed by atoms with Crippen LogP contribution in [-0.2, 0) is 9.53 Å². The van der Waals surface area contributed by atoms with Crippen molar-refractivity contribution in [3.8, 4) is 0 Å². The number of fused-ring (bicyclic) bond motifs is 6. The highest BCUT2D eigenvalue weighted by Gasteiger charge is 2.64. The summed E-state index contributed by atoms with van der Waals surface area (Å²) in [4.78, 5) is 12.0. The molecule has 2 saturated carbocycles. The highest BCUT2D eigenvalue weighted by Crippen LogP contribution is 2.66. The molecule has 2 aromatic rings. The van der Waals surface area contributed by atoms with Crippen LogP contribution in [0.15, 0.2) is 54.3 Å². The molecule has 1 aromatic carbocycles. The number of aliphatic hydroxyl groups excluding tert-OH is 1. The molecular formula is C31H35F4NO3. The van der Waals surface area contributed by atoms with Crippen molar-refractivity contribution in [3.63, 3.8) is 0 Å². The number of rotatable bonds is 5. The molecule has 1 heterocycles. The third-order valence-corrected chi connectivity index (χ3v) is 10.6. The first-order valence-electron chi connectivity index (χ1n) is 14.0. The third kappa shape index (κ3) is 3.84. The molecule has 4 nitrogen and oxygen atoms in total. The lowest BCUT2D eigenvalue weighted by atomic mass is 9.47. The van der Waals surface area contributed by atoms with Crippen LogP contribution in [-0.4, -0.2) is 40.2 Å². The minimum absolute atomic E-state index is 0.0565. The van der Waals surface area contributed by atoms with Crippen molar-refractivity contribution in [1.29, 1.82) is 0 Å². The Morgan fingerprint density at radius 2 is 1.77 bits per heavy atom. The van der Waals surface area contributed by atoms with Gasteiger partial charge in [0.05, 0.1) is 5.52 Å². The summed E-state index contributed by atoms with van der Waals surface area (Å²) in [6, 6.07) is 10.6. The van der Waals surface area contributed by atoms with Crippen LogP contribution < -0.4 is 0 Å². The normalized spacial score (nSPS) is 34.5. The number of esters is 1. The van der Waals surface area contributed by atoms with Crippen LogP contribution in [0.4, 0.5) is 17.6 Å². The second-order valence-corrected chi connectivity index (χ2v) is 12.5. The SMILES string of the molecule is C[C@]12CC[C@H](OC(=O)C(F)(F)C(F)(F)CO)CC1=CCC1C2CC[C@]2(C)C(n3ccc4ccccc43)=CCC12. The van der Waals surface area contributed by atoms with E-state index in [0.29, 0.717) is 30.6 Å². The van der Waals surface area contributed by atoms with Gasteiger partial charge in [0.25, 0.3) is 0 Å². The Morgan fingerprint density at radius 1 is 1.03 bits per heavy atom. The van der Waals surface area contributed by atoms with Crippen LogP contribution in [0.2, 0.25) is 0 Å². The Balaban J connectivity index is 1.20. The van der Waals surface area contributed by atoms with Gasteiger partial charge in [-0.3, -0.25) is 0 Å². The number of alkyl halides is 4. The summed E-state index contributed by atoms with van der Waals surface area (Å²) in [5, 5.41) is 9.86. The number of benzene rings is 1. The maximum Gasteiger partial charge on any atom is 0.406 e. The van der Waals surface area contributed by atoms with Gasteiger partial charge in [-0.2, -0.15) is 17.6 Å². The molecule has 39 heavy (non-hydrogen) atoms. The third-order valence-electron chi connectivity index (χ3n) is 10.6. The number of halogens is 4. The van der Waals surface area contributed by atoms with Crippen LogP contribution in [0.25, 0.3) is 16.6 Å². The van der Waals surface area contributed by atoms with E-state index in [2.05, 4.69) is 67.1 Å². The number of nitrogens with zero attached hydrogens (tertiary/aromatic N) is 1. The van der Waals surface area contributed by atoms with Crippen LogP contribution in [0.3, 0.4) is 0 Å². The van der Waals surface area contributed by atoms with Crippen molar-refractivity contribution >= 4 is 22.6 Å². The van der Waals surface area contributed by atoms with Crippen molar-refractivity contribution in [2.24, 2.45) is 28.6 Å². The predicted molar refractivity (Wildman–Crippen MR) is 140 cm³/mol. The number of aliphatic hydroxyl groups is 1. The minimum atomic E-state index is -5.07. The maximum atomic E-state index is 14.0. The van der Waals surface area contributed by atoms with Crippen molar-refractivity contribution < 1.29 is 32.2 Å². The number of hydrogen-bond acceptors (Lipinski definition) is 3. The standard InChI is InChI=1S/C31H35F4NO3/c1-28-14-11-21(39-27(38)31(34,35)30(32,33)18-37)17-20(28)7-8-22-23-9-10-26(29(23,2)15-12-24(22)28)36-16-13-19-5-3-4-6-25(19)36/h3-7,10,13,16,21-24,37H,8-9,11-12,14-15,17-18H2,1-2H3/t21-,22?,23?,24?,28-,29-/m0/s1. The van der Waals surface area contributed by atoms with Gasteiger partial charge in [0.1, 0.15) is 12.7 Å². The molecule has 6 atom stereocenters. The highest BCUT2D eigenvalue weighted by molar-refractivity contribution is 5.84. The number of hydrogen-bond donors (Lipinski definition) is 1. The van der Waals surface area contributed by atoms with Crippen LogP contribution in [0, 0.1) is 28.6 Å². The first-order chi connectivity index (χ1) is 18.4. The molecule has 0 aliphatic heterocycles. The molecule has 1 N–H and O–H groups in total. The van der Waals surface area contributed by atoms with E-state index in [4.69, 9.17) is 9.84 Å². The summed E-state index contributed by atoms with van der Waals surface area (Å²) in [7, 11) is 0. The molecule has 210 valence electrons. The van der Waals surface area contributed by atoms with Gasteiger partial charge in [-0.15, -0.1) is 0 Å². The molecule has 0 spiro atoms. The molecule has 4 aliphatic carbocycles. The van der Waals surface area contributed by atoms with Crippen molar-refractivity contribution in [1.82, 2.24) is 4.57 Å². The van der Waals surface area contributed by atoms with E-state index in [1.165, 1.54) is 16.6 Å². The summed E-state index contributed by atoms with van der Waals surface area (Å²) < 4.78 is 62.1. The summed E-state index contributed by atoms with van der Waals surface area (Å²) in [5.41, 5.74) is 3.62. The Bertz CT molecular complexity index is 1360. The van der Waals surface area contributed by atoms with Gasteiger partial charge in [-0.25, -0.2) is 4.79 Å². The highest BCUT2D eigenvalue weighted by atomic mass is 19.3. The lowest BCUT2D eigenvalue weighted by molar-refractivity contribution is -0.241. The molecule has 0 saturated heterocycles. The molecule has 0 bridgehead atoms. The maximum absolute atomic E-state index is 14.0. The topological polar surface area (TPSA) is 51.5 Å².